The number of benzene rings is 2. The summed E-state index contributed by atoms with van der Waals surface area (Å²) >= 11 is 0. The van der Waals surface area contributed by atoms with Crippen molar-refractivity contribution < 1.29 is 9.90 Å². The van der Waals surface area contributed by atoms with Gasteiger partial charge in [-0.25, -0.2) is 0 Å². The molecule has 0 aliphatic heterocycles. The summed E-state index contributed by atoms with van der Waals surface area (Å²) in [6, 6.07) is 19.1. The highest BCUT2D eigenvalue weighted by Crippen LogP contribution is 2.26. The van der Waals surface area contributed by atoms with Crippen LogP contribution in [0.25, 0.3) is 0 Å². The van der Waals surface area contributed by atoms with Crippen molar-refractivity contribution in [3.05, 3.63) is 83.6 Å². The molecule has 0 saturated heterocycles. The molecule has 3 heteroatoms. The molecule has 0 aromatic heterocycles. The summed E-state index contributed by atoms with van der Waals surface area (Å²) in [5.41, 5.74) is 2.54. The fourth-order valence-electron chi connectivity index (χ4n) is 2.58. The summed E-state index contributed by atoms with van der Waals surface area (Å²) in [6.07, 6.45) is 1.70. The van der Waals surface area contributed by atoms with E-state index in [1.165, 1.54) is 0 Å². The molecular weight excluding hydrogens is 286 g/mol. The van der Waals surface area contributed by atoms with Gasteiger partial charge in [0.05, 0.1) is 6.10 Å². The summed E-state index contributed by atoms with van der Waals surface area (Å²) in [5, 5.41) is 13.2. The van der Waals surface area contributed by atoms with Gasteiger partial charge in [-0.1, -0.05) is 60.7 Å². The first-order valence-electron chi connectivity index (χ1n) is 7.82. The van der Waals surface area contributed by atoms with Gasteiger partial charge in [0, 0.05) is 30.3 Å². The Bertz CT molecular complexity index is 648. The second kappa shape index (κ2) is 8.30. The largest absolute Gasteiger partial charge is 0.393 e. The standard InChI is InChI=1S/C20H23NO2/c1-15(22)19(16-9-5-3-6-10-16)13-18(21-2)14-20(23)17-11-7-4-8-12-17/h3-12,14-15,19,21-22H,13H2,1-2H3/b18-14-/t15-,19-/m0/s1. The normalized spacial score (nSPS) is 14.1. The maximum atomic E-state index is 12.3. The number of carbonyl (C=O) groups is 1. The molecule has 0 aliphatic carbocycles. The molecule has 3 nitrogen and oxygen atoms in total. The van der Waals surface area contributed by atoms with Crippen molar-refractivity contribution in [1.29, 1.82) is 0 Å². The van der Waals surface area contributed by atoms with Gasteiger partial charge in [-0.05, 0) is 18.9 Å². The Balaban J connectivity index is 2.19. The van der Waals surface area contributed by atoms with Gasteiger partial charge < -0.3 is 10.4 Å². The van der Waals surface area contributed by atoms with Crippen molar-refractivity contribution in [3.8, 4) is 0 Å². The van der Waals surface area contributed by atoms with E-state index in [-0.39, 0.29) is 11.7 Å². The third-order valence-corrected chi connectivity index (χ3v) is 3.93. The molecule has 0 spiro atoms. The van der Waals surface area contributed by atoms with Crippen LogP contribution in [0, 0.1) is 0 Å². The summed E-state index contributed by atoms with van der Waals surface area (Å²) in [5.74, 6) is -0.0918. The Morgan fingerprint density at radius 2 is 1.65 bits per heavy atom. The van der Waals surface area contributed by atoms with Gasteiger partial charge in [0.15, 0.2) is 5.78 Å². The van der Waals surface area contributed by atoms with Crippen LogP contribution in [0.5, 0.6) is 0 Å². The highest BCUT2D eigenvalue weighted by atomic mass is 16.3. The number of rotatable bonds is 7. The maximum Gasteiger partial charge on any atom is 0.187 e. The van der Waals surface area contributed by atoms with E-state index in [4.69, 9.17) is 0 Å². The Labute approximate surface area is 137 Å². The molecule has 2 aromatic carbocycles. The number of hydrogen-bond acceptors (Lipinski definition) is 3. The topological polar surface area (TPSA) is 49.3 Å². The fourth-order valence-corrected chi connectivity index (χ4v) is 2.58. The molecule has 2 atom stereocenters. The average Bonchev–Trinajstić information content (AvgIpc) is 2.59. The van der Waals surface area contributed by atoms with Crippen LogP contribution in [0.4, 0.5) is 0 Å². The van der Waals surface area contributed by atoms with Crippen molar-refractivity contribution in [2.75, 3.05) is 7.05 Å². The highest BCUT2D eigenvalue weighted by molar-refractivity contribution is 6.04. The minimum atomic E-state index is -0.499. The number of aliphatic hydroxyl groups is 1. The van der Waals surface area contributed by atoms with E-state index < -0.39 is 6.10 Å². The van der Waals surface area contributed by atoms with E-state index in [1.807, 2.05) is 48.5 Å². The van der Waals surface area contributed by atoms with Crippen molar-refractivity contribution >= 4 is 5.78 Å². The van der Waals surface area contributed by atoms with Gasteiger partial charge in [0.2, 0.25) is 0 Å². The minimum Gasteiger partial charge on any atom is -0.393 e. The Morgan fingerprint density at radius 3 is 2.17 bits per heavy atom. The smallest absolute Gasteiger partial charge is 0.187 e. The van der Waals surface area contributed by atoms with Crippen LogP contribution in [0.2, 0.25) is 0 Å². The molecule has 0 radical (unpaired) electrons. The summed E-state index contributed by atoms with van der Waals surface area (Å²) in [6.45, 7) is 1.78. The van der Waals surface area contributed by atoms with E-state index in [1.54, 1.807) is 32.2 Å². The summed E-state index contributed by atoms with van der Waals surface area (Å²) in [4.78, 5) is 12.3. The monoisotopic (exact) mass is 309 g/mol. The lowest BCUT2D eigenvalue weighted by Gasteiger charge is -2.22. The van der Waals surface area contributed by atoms with E-state index in [0.717, 1.165) is 11.3 Å². The summed E-state index contributed by atoms with van der Waals surface area (Å²) in [7, 11) is 1.80. The van der Waals surface area contributed by atoms with E-state index in [0.29, 0.717) is 12.0 Å². The van der Waals surface area contributed by atoms with Gasteiger partial charge in [0.1, 0.15) is 0 Å². The van der Waals surface area contributed by atoms with E-state index in [2.05, 4.69) is 5.32 Å². The quantitative estimate of drug-likeness (QED) is 0.607. The number of allylic oxidation sites excluding steroid dienone is 2. The number of ketones is 1. The summed E-state index contributed by atoms with van der Waals surface area (Å²) < 4.78 is 0. The molecule has 23 heavy (non-hydrogen) atoms. The van der Waals surface area contributed by atoms with E-state index >= 15 is 0 Å². The number of nitrogens with one attached hydrogen (secondary N) is 1. The van der Waals surface area contributed by atoms with Crippen LogP contribution in [0.15, 0.2) is 72.4 Å². The lowest BCUT2D eigenvalue weighted by atomic mass is 9.89. The molecule has 0 bridgehead atoms. The van der Waals surface area contributed by atoms with Crippen LogP contribution in [0.3, 0.4) is 0 Å². The van der Waals surface area contributed by atoms with E-state index in [9.17, 15) is 9.90 Å². The molecular formula is C20H23NO2. The predicted octanol–water partition coefficient (Wildman–Crippen LogP) is 3.53. The van der Waals surface area contributed by atoms with Crippen molar-refractivity contribution in [1.82, 2.24) is 5.32 Å². The van der Waals surface area contributed by atoms with Crippen molar-refractivity contribution in [3.63, 3.8) is 0 Å². The SMILES string of the molecule is CN/C(=C\C(=O)c1ccccc1)C[C@H](c1ccccc1)[C@H](C)O. The van der Waals surface area contributed by atoms with Gasteiger partial charge in [0.25, 0.3) is 0 Å². The highest BCUT2D eigenvalue weighted by Gasteiger charge is 2.19. The Hall–Kier alpha value is -2.39. The van der Waals surface area contributed by atoms with Crippen LogP contribution in [-0.2, 0) is 0 Å². The second-order valence-electron chi connectivity index (χ2n) is 5.61. The zero-order valence-electron chi connectivity index (χ0n) is 13.6. The van der Waals surface area contributed by atoms with Crippen molar-refractivity contribution in [2.45, 2.75) is 25.4 Å². The Morgan fingerprint density at radius 1 is 1.09 bits per heavy atom. The number of hydrogen-bond donors (Lipinski definition) is 2. The predicted molar refractivity (Wildman–Crippen MR) is 93.4 cm³/mol. The van der Waals surface area contributed by atoms with Gasteiger partial charge >= 0.3 is 0 Å². The first-order chi connectivity index (χ1) is 11.1. The van der Waals surface area contributed by atoms with Gasteiger partial charge in [-0.3, -0.25) is 4.79 Å². The molecule has 0 unspecified atom stereocenters. The van der Waals surface area contributed by atoms with Crippen LogP contribution < -0.4 is 5.32 Å². The molecule has 2 rings (SSSR count). The number of aliphatic hydroxyl groups excluding tert-OH is 1. The van der Waals surface area contributed by atoms with Gasteiger partial charge in [-0.15, -0.1) is 0 Å². The van der Waals surface area contributed by atoms with Crippen LogP contribution >= 0.6 is 0 Å². The lowest BCUT2D eigenvalue weighted by Crippen LogP contribution is -2.20. The fraction of sp³-hybridized carbons (Fsp3) is 0.250. The van der Waals surface area contributed by atoms with Crippen LogP contribution in [-0.4, -0.2) is 24.0 Å². The first-order valence-corrected chi connectivity index (χ1v) is 7.82. The molecule has 0 amide bonds. The second-order valence-corrected chi connectivity index (χ2v) is 5.61. The first kappa shape index (κ1) is 17.0. The molecule has 0 heterocycles. The van der Waals surface area contributed by atoms with Gasteiger partial charge in [-0.2, -0.15) is 0 Å². The minimum absolute atomic E-state index is 0.0349. The zero-order chi connectivity index (χ0) is 16.7. The van der Waals surface area contributed by atoms with Crippen molar-refractivity contribution in [2.24, 2.45) is 0 Å². The Kier molecular flexibility index (Phi) is 6.12. The lowest BCUT2D eigenvalue weighted by molar-refractivity contribution is 0.104. The maximum absolute atomic E-state index is 12.3. The molecule has 2 N–H and O–H groups in total. The molecule has 2 aromatic rings. The third-order valence-electron chi connectivity index (χ3n) is 3.93. The molecule has 120 valence electrons. The number of carbonyl (C=O) groups excluding carboxylic acids is 1. The zero-order valence-corrected chi connectivity index (χ0v) is 13.6. The molecule has 0 aliphatic rings. The third kappa shape index (κ3) is 4.80. The molecule has 0 fully saturated rings. The average molecular weight is 309 g/mol. The van der Waals surface area contributed by atoms with Crippen LogP contribution in [0.1, 0.15) is 35.2 Å². The molecule has 0 saturated carbocycles.